The van der Waals surface area contributed by atoms with Crippen LogP contribution < -0.4 is 4.74 Å². The van der Waals surface area contributed by atoms with Crippen molar-refractivity contribution in [3.63, 3.8) is 0 Å². The molecule has 0 N–H and O–H groups in total. The van der Waals surface area contributed by atoms with Gasteiger partial charge < -0.3 is 37.6 Å². The standard InChI is InChI=1S/C32H41BrN4O10Si/c1-17(38)43-25-22(15-42-48(6,7)32(3,4)5)46-29(26(25)44-18(2)39)37-27-23(36-31(37)33)28(35-16-34-27)45-21-14-40-20-13-41-30(47-24(20)21)19-11-9-8-10-12-19/h8-12,16,20-22,24-26,29-30H,13-15H2,1-7H3/t20-,21-,22+,24+,25+,26+,29+,30?/m0/s1. The van der Waals surface area contributed by atoms with Crippen molar-refractivity contribution in [2.45, 2.75) is 102 Å². The second-order valence-electron chi connectivity index (χ2n) is 13.6. The van der Waals surface area contributed by atoms with Crippen LogP contribution in [0.5, 0.6) is 5.88 Å². The smallest absolute Gasteiger partial charge is 0.303 e. The van der Waals surface area contributed by atoms with Crippen LogP contribution in [0.1, 0.15) is 52.7 Å². The molecule has 14 nitrogen and oxygen atoms in total. The maximum Gasteiger partial charge on any atom is 0.303 e. The van der Waals surface area contributed by atoms with Gasteiger partial charge in [-0.25, -0.2) is 9.97 Å². The van der Waals surface area contributed by atoms with Crippen molar-refractivity contribution < 1.29 is 47.2 Å². The summed E-state index contributed by atoms with van der Waals surface area (Å²) >= 11 is 3.55. The summed E-state index contributed by atoms with van der Waals surface area (Å²) in [6.45, 7) is 13.9. The number of carbonyl (C=O) groups is 2. The fourth-order valence-electron chi connectivity index (χ4n) is 5.74. The van der Waals surface area contributed by atoms with Gasteiger partial charge in [-0.15, -0.1) is 0 Å². The van der Waals surface area contributed by atoms with Crippen LogP contribution in [0.15, 0.2) is 41.4 Å². The minimum Gasteiger partial charge on any atom is -0.467 e. The molecule has 3 aliphatic heterocycles. The second-order valence-corrected chi connectivity index (χ2v) is 19.1. The molecule has 8 atom stereocenters. The van der Waals surface area contributed by atoms with E-state index in [0.717, 1.165) is 5.56 Å². The Bertz CT molecular complexity index is 1640. The average molecular weight is 750 g/mol. The third-order valence-electron chi connectivity index (χ3n) is 9.19. The van der Waals surface area contributed by atoms with E-state index in [1.165, 1.54) is 20.2 Å². The van der Waals surface area contributed by atoms with Crippen LogP contribution in [0.3, 0.4) is 0 Å². The van der Waals surface area contributed by atoms with E-state index >= 15 is 0 Å². The minimum atomic E-state index is -2.22. The summed E-state index contributed by atoms with van der Waals surface area (Å²) in [5.41, 5.74) is 1.56. The molecule has 3 aromatic rings. The lowest BCUT2D eigenvalue weighted by Gasteiger charge is -2.37. The van der Waals surface area contributed by atoms with Gasteiger partial charge >= 0.3 is 11.9 Å². The van der Waals surface area contributed by atoms with E-state index in [4.69, 9.17) is 37.6 Å². The Morgan fingerprint density at radius 2 is 1.71 bits per heavy atom. The topological polar surface area (TPSA) is 152 Å². The van der Waals surface area contributed by atoms with E-state index in [1.807, 2.05) is 30.3 Å². The van der Waals surface area contributed by atoms with Crippen LogP contribution in [-0.4, -0.2) is 96.2 Å². The molecule has 2 aromatic heterocycles. The molecule has 0 radical (unpaired) electrons. The van der Waals surface area contributed by atoms with Crippen LogP contribution in [0.4, 0.5) is 0 Å². The van der Waals surface area contributed by atoms with Gasteiger partial charge in [-0.3, -0.25) is 14.2 Å². The zero-order chi connectivity index (χ0) is 34.4. The van der Waals surface area contributed by atoms with Crippen molar-refractivity contribution in [2.75, 3.05) is 19.8 Å². The van der Waals surface area contributed by atoms with Crippen molar-refractivity contribution >= 4 is 47.3 Å². The van der Waals surface area contributed by atoms with Gasteiger partial charge in [0.2, 0.25) is 5.88 Å². The van der Waals surface area contributed by atoms with Crippen molar-refractivity contribution in [3.8, 4) is 5.88 Å². The van der Waals surface area contributed by atoms with Crippen molar-refractivity contribution in [2.24, 2.45) is 0 Å². The molecule has 260 valence electrons. The van der Waals surface area contributed by atoms with Crippen LogP contribution in [-0.2, 0) is 42.4 Å². The van der Waals surface area contributed by atoms with Gasteiger partial charge in [0.15, 0.2) is 55.0 Å². The summed E-state index contributed by atoms with van der Waals surface area (Å²) in [5, 5.41) is -0.0728. The predicted octanol–water partition coefficient (Wildman–Crippen LogP) is 4.63. The average Bonchev–Trinajstić information content (AvgIpc) is 3.68. The highest BCUT2D eigenvalue weighted by Gasteiger charge is 2.52. The van der Waals surface area contributed by atoms with E-state index in [1.54, 1.807) is 4.57 Å². The summed E-state index contributed by atoms with van der Waals surface area (Å²) in [6.07, 6.45) is -4.18. The summed E-state index contributed by atoms with van der Waals surface area (Å²) in [5.74, 6) is -0.915. The number of aromatic nitrogens is 4. The summed E-state index contributed by atoms with van der Waals surface area (Å²) in [6, 6.07) is 9.68. The normalized spacial score (nSPS) is 29.1. The number of rotatable bonds is 9. The van der Waals surface area contributed by atoms with Gasteiger partial charge in [-0.2, -0.15) is 4.98 Å². The number of carbonyl (C=O) groups excluding carboxylic acids is 2. The first-order valence-corrected chi connectivity index (χ1v) is 19.6. The summed E-state index contributed by atoms with van der Waals surface area (Å²) in [4.78, 5) is 38.2. The number of hydrogen-bond donors (Lipinski definition) is 0. The molecular weight excluding hydrogens is 708 g/mol. The molecule has 0 bridgehead atoms. The molecule has 0 amide bonds. The van der Waals surface area contributed by atoms with Crippen molar-refractivity contribution in [3.05, 3.63) is 47.0 Å². The summed E-state index contributed by atoms with van der Waals surface area (Å²) < 4.78 is 51.0. The van der Waals surface area contributed by atoms with E-state index in [2.05, 4.69) is 64.7 Å². The Labute approximate surface area is 287 Å². The molecule has 3 saturated heterocycles. The zero-order valence-electron chi connectivity index (χ0n) is 28.0. The molecule has 0 spiro atoms. The van der Waals surface area contributed by atoms with Gasteiger partial charge in [-0.05, 0) is 34.1 Å². The van der Waals surface area contributed by atoms with E-state index in [-0.39, 0.29) is 30.2 Å². The van der Waals surface area contributed by atoms with Gasteiger partial charge in [0.25, 0.3) is 0 Å². The Kier molecular flexibility index (Phi) is 9.97. The number of imidazole rings is 1. The third-order valence-corrected chi connectivity index (χ3v) is 14.3. The number of esters is 2. The molecule has 6 rings (SSSR count). The molecule has 3 fully saturated rings. The first-order chi connectivity index (χ1) is 22.7. The molecule has 3 aliphatic rings. The first kappa shape index (κ1) is 34.9. The van der Waals surface area contributed by atoms with Crippen LogP contribution in [0.2, 0.25) is 18.1 Å². The van der Waals surface area contributed by atoms with Gasteiger partial charge in [0, 0.05) is 19.4 Å². The Morgan fingerprint density at radius 3 is 2.40 bits per heavy atom. The Hall–Kier alpha value is -2.99. The highest BCUT2D eigenvalue weighted by molar-refractivity contribution is 9.10. The second kappa shape index (κ2) is 13.7. The minimum absolute atomic E-state index is 0.0728. The molecule has 0 aliphatic carbocycles. The molecule has 1 unspecified atom stereocenters. The number of halogens is 1. The fraction of sp³-hybridized carbons (Fsp3) is 0.594. The lowest BCUT2D eigenvalue weighted by molar-refractivity contribution is -0.250. The lowest BCUT2D eigenvalue weighted by atomic mass is 10.1. The molecule has 16 heteroatoms. The molecule has 0 saturated carbocycles. The first-order valence-electron chi connectivity index (χ1n) is 15.9. The predicted molar refractivity (Wildman–Crippen MR) is 175 cm³/mol. The van der Waals surface area contributed by atoms with Crippen LogP contribution in [0, 0.1) is 0 Å². The SMILES string of the molecule is CC(=O)O[C@@H]1[C@H](OC(C)=O)[C@@H](CO[Si](C)(C)C(C)(C)C)O[C@H]1n1c(Br)nc2c(O[C@H]3CO[C@H]4COC(c5ccccc5)O[C@H]43)ncnc21. The largest absolute Gasteiger partial charge is 0.467 e. The molecule has 1 aromatic carbocycles. The summed E-state index contributed by atoms with van der Waals surface area (Å²) in [7, 11) is -2.22. The number of fused-ring (bicyclic) bond motifs is 2. The van der Waals surface area contributed by atoms with Gasteiger partial charge in [0.1, 0.15) is 24.6 Å². The highest BCUT2D eigenvalue weighted by atomic mass is 79.9. The fourth-order valence-corrected chi connectivity index (χ4v) is 7.30. The Morgan fingerprint density at radius 1 is 1.00 bits per heavy atom. The van der Waals surface area contributed by atoms with Crippen molar-refractivity contribution in [1.82, 2.24) is 19.5 Å². The Balaban J connectivity index is 1.29. The number of nitrogens with zero attached hydrogens (tertiary/aromatic N) is 4. The zero-order valence-corrected chi connectivity index (χ0v) is 30.5. The lowest BCUT2D eigenvalue weighted by Crippen LogP contribution is -2.46. The quantitative estimate of drug-likeness (QED) is 0.170. The van der Waals surface area contributed by atoms with Crippen LogP contribution >= 0.6 is 15.9 Å². The van der Waals surface area contributed by atoms with E-state index < -0.39 is 63.3 Å². The monoisotopic (exact) mass is 748 g/mol. The number of benzene rings is 1. The maximum absolute atomic E-state index is 12.4. The van der Waals surface area contributed by atoms with Crippen LogP contribution in [0.25, 0.3) is 11.2 Å². The van der Waals surface area contributed by atoms with E-state index in [9.17, 15) is 9.59 Å². The molecular formula is C32H41BrN4O10Si. The van der Waals surface area contributed by atoms with Crippen molar-refractivity contribution in [1.29, 1.82) is 0 Å². The maximum atomic E-state index is 12.4. The molecule has 48 heavy (non-hydrogen) atoms. The third kappa shape index (κ3) is 7.02. The number of hydrogen-bond acceptors (Lipinski definition) is 13. The van der Waals surface area contributed by atoms with Gasteiger partial charge in [0.05, 0.1) is 19.8 Å². The van der Waals surface area contributed by atoms with E-state index in [0.29, 0.717) is 22.5 Å². The highest BCUT2D eigenvalue weighted by Crippen LogP contribution is 2.42. The molecule has 5 heterocycles. The van der Waals surface area contributed by atoms with Gasteiger partial charge in [-0.1, -0.05) is 51.1 Å². The number of ether oxygens (including phenoxy) is 7.